The predicted octanol–water partition coefficient (Wildman–Crippen LogP) is 4.62. The number of nitrogens with one attached hydrogen (secondary N) is 1. The summed E-state index contributed by atoms with van der Waals surface area (Å²) in [7, 11) is 5.41. The minimum atomic E-state index is -1.95. The number of fused-ring (bicyclic) bond motifs is 2. The molecular formula is C48H60N4O13. The molecule has 0 saturated carbocycles. The monoisotopic (exact) mass is 900 g/mol. The number of methoxy groups -OCH3 is 1. The van der Waals surface area contributed by atoms with Gasteiger partial charge in [0.05, 0.1) is 47.7 Å². The van der Waals surface area contributed by atoms with E-state index >= 15 is 0 Å². The highest BCUT2D eigenvalue weighted by Crippen LogP contribution is 2.56. The number of carbonyl (C=O) groups is 3. The van der Waals surface area contributed by atoms with Gasteiger partial charge >= 0.3 is 11.8 Å². The van der Waals surface area contributed by atoms with Gasteiger partial charge in [0.1, 0.15) is 23.3 Å². The van der Waals surface area contributed by atoms with Gasteiger partial charge in [-0.3, -0.25) is 19.2 Å². The van der Waals surface area contributed by atoms with Gasteiger partial charge in [0, 0.05) is 92.7 Å². The molecule has 1 amide bonds. The summed E-state index contributed by atoms with van der Waals surface area (Å²) in [5, 5.41) is 50.1. The number of anilines is 1. The topological polar surface area (TPSA) is 231 Å². The molecule has 7 aliphatic rings. The number of Topliss-reactive ketones (excluding diaryl/α,β-unsaturated/α-hetero) is 1. The predicted molar refractivity (Wildman–Crippen MR) is 238 cm³/mol. The van der Waals surface area contributed by atoms with Gasteiger partial charge in [-0.2, -0.15) is 0 Å². The molecule has 0 aromatic rings. The molecule has 0 aromatic carbocycles. The summed E-state index contributed by atoms with van der Waals surface area (Å²) in [6, 6.07) is 3.41. The summed E-state index contributed by atoms with van der Waals surface area (Å²) < 4.78 is 30.5. The second-order valence-electron chi connectivity index (χ2n) is 18.4. The normalized spacial score (nSPS) is 34.4. The summed E-state index contributed by atoms with van der Waals surface area (Å²) in [4.78, 5) is 63.7. The third kappa shape index (κ3) is 8.39. The molecule has 17 nitrogen and oxygen atoms in total. The molecule has 2 unspecified atom stereocenters. The minimum absolute atomic E-state index is 0.0191. The highest BCUT2D eigenvalue weighted by Gasteiger charge is 2.58. The summed E-state index contributed by atoms with van der Waals surface area (Å²) >= 11 is 0. The summed E-state index contributed by atoms with van der Waals surface area (Å²) in [6.07, 6.45) is 3.64. The van der Waals surface area contributed by atoms with E-state index in [2.05, 4.69) is 10.2 Å². The van der Waals surface area contributed by atoms with Gasteiger partial charge in [-0.15, -0.1) is 0 Å². The zero-order valence-corrected chi connectivity index (χ0v) is 38.6. The van der Waals surface area contributed by atoms with Crippen molar-refractivity contribution in [2.24, 2.45) is 29.6 Å². The Morgan fingerprint density at radius 1 is 0.985 bits per heavy atom. The molecule has 0 spiro atoms. The second-order valence-corrected chi connectivity index (χ2v) is 18.4. The number of rotatable bonds is 4. The lowest BCUT2D eigenvalue weighted by Gasteiger charge is -2.44. The standard InChI is InChI=1S/C48H60N4O13/c1-21-13-12-14-22(2)47(60)50-38-42(58)34-33(37-45(38)64-32-18-28(17-30(54)36(32)49-37)52-19-29(20-52)51(9)10)35-44(26(6)41(34)57)65-48(8,46(35)59)62-16-15-31(61-11)23(3)43(63-27(7)53)25(5)40(56)24(4)39(21)55/h12-18,21,23-25,29,31,33-34,39-40,43,55-56,58-59H,19-20H2,1-11H3,(H,50,60)/b13-12+,16-15+,22-14-/t21-,23+,24+,25+,31-,33?,34?,39-,40+,43+,48-/m0/s1. The molecule has 4 aliphatic heterocycles. The maximum Gasteiger partial charge on any atom is 0.306 e. The Bertz CT molecular complexity index is 2480. The van der Waals surface area contributed by atoms with Gasteiger partial charge in [0.25, 0.3) is 5.91 Å². The van der Waals surface area contributed by atoms with E-state index in [0.29, 0.717) is 18.8 Å². The first kappa shape index (κ1) is 47.2. The molecule has 350 valence electrons. The van der Waals surface area contributed by atoms with Crippen molar-refractivity contribution >= 4 is 29.0 Å². The second kappa shape index (κ2) is 17.9. The molecule has 4 heterocycles. The molecule has 7 rings (SSSR count). The first-order valence-corrected chi connectivity index (χ1v) is 21.9. The molecule has 65 heavy (non-hydrogen) atoms. The number of aliphatic hydroxyl groups is 4. The van der Waals surface area contributed by atoms with Crippen LogP contribution >= 0.6 is 0 Å². The highest BCUT2D eigenvalue weighted by molar-refractivity contribution is 6.06. The van der Waals surface area contributed by atoms with Gasteiger partial charge in [0.15, 0.2) is 28.8 Å². The Morgan fingerprint density at radius 2 is 1.68 bits per heavy atom. The third-order valence-corrected chi connectivity index (χ3v) is 13.8. The van der Waals surface area contributed by atoms with Crippen molar-refractivity contribution in [3.8, 4) is 11.5 Å². The molecule has 0 aromatic heterocycles. The fraction of sp³-hybridized carbons (Fsp3) is 0.521. The quantitative estimate of drug-likeness (QED) is 0.264. The van der Waals surface area contributed by atoms with Crippen LogP contribution in [0.25, 0.3) is 17.2 Å². The van der Waals surface area contributed by atoms with E-state index in [9.17, 15) is 39.6 Å². The lowest BCUT2D eigenvalue weighted by molar-refractivity contribution is -0.160. The van der Waals surface area contributed by atoms with Gasteiger partial charge in [-0.25, -0.2) is 4.98 Å². The lowest BCUT2D eigenvalue weighted by atomic mass is 9.69. The molecule has 4 bridgehead atoms. The van der Waals surface area contributed by atoms with Crippen LogP contribution in [0.15, 0.2) is 85.9 Å². The smallest absolute Gasteiger partial charge is 0.306 e. The number of hydrogen-bond donors (Lipinski definition) is 5. The molecule has 1 saturated heterocycles. The number of ether oxygens (including phenoxy) is 4. The minimum Gasteiger partial charge on any atom is -0.509 e. The SMILES string of the molecule is CO[C@H]1/C=C/O[C@@]2(C)OC3=C(C)C(=O)C4C(O)=C(NC(=O)/C(C)=C\C=C\[C@H](C)[C@H](O)[C@@H](C)[C@@H](O)[C@@H](C)[C@H](OC(C)=O)[C@@H]1C)c1oc5cc(N6CC(N(C)C)C6)cc(=O)c-5nc1C4C3=C2O. The van der Waals surface area contributed by atoms with Gasteiger partial charge < -0.3 is 58.9 Å². The number of allylic oxidation sites excluding steroid dienone is 5. The van der Waals surface area contributed by atoms with Crippen LogP contribution in [0.4, 0.5) is 5.69 Å². The maximum absolute atomic E-state index is 14.4. The fourth-order valence-electron chi connectivity index (χ4n) is 9.50. The number of hydrogen-bond acceptors (Lipinski definition) is 16. The Balaban J connectivity index is 1.40. The molecule has 11 atom stereocenters. The molecule has 0 radical (unpaired) electrons. The van der Waals surface area contributed by atoms with E-state index in [1.807, 2.05) is 19.0 Å². The number of ketones is 1. The fourth-order valence-corrected chi connectivity index (χ4v) is 9.50. The highest BCUT2D eigenvalue weighted by atomic mass is 16.7. The average Bonchev–Trinajstić information content (AvgIpc) is 3.50. The van der Waals surface area contributed by atoms with Crippen LogP contribution in [0, 0.1) is 29.6 Å². The van der Waals surface area contributed by atoms with Gasteiger partial charge in [0.2, 0.25) is 5.43 Å². The van der Waals surface area contributed by atoms with Gasteiger partial charge in [-0.05, 0) is 34.0 Å². The Morgan fingerprint density at radius 3 is 2.32 bits per heavy atom. The summed E-state index contributed by atoms with van der Waals surface area (Å²) in [5.41, 5.74) is 0.0506. The molecule has 3 aliphatic carbocycles. The zero-order valence-electron chi connectivity index (χ0n) is 38.6. The Labute approximate surface area is 377 Å². The number of esters is 1. The number of benzene rings is 1. The maximum atomic E-state index is 14.4. The first-order valence-electron chi connectivity index (χ1n) is 21.9. The van der Waals surface area contributed by atoms with Crippen molar-refractivity contribution in [3.05, 3.63) is 98.4 Å². The molecule has 1 fully saturated rings. The first-order chi connectivity index (χ1) is 30.6. The summed E-state index contributed by atoms with van der Waals surface area (Å²) in [5.74, 6) is -10.2. The van der Waals surface area contributed by atoms with E-state index in [1.165, 1.54) is 59.3 Å². The number of aromatic nitrogens is 1. The van der Waals surface area contributed by atoms with Crippen LogP contribution in [0.2, 0.25) is 0 Å². The number of aliphatic hydroxyl groups excluding tert-OH is 4. The van der Waals surface area contributed by atoms with Crippen LogP contribution in [0.3, 0.4) is 0 Å². The number of amides is 1. The van der Waals surface area contributed by atoms with E-state index in [-0.39, 0.29) is 57.1 Å². The molecule has 5 N–H and O–H groups in total. The number of carbonyl (C=O) groups excluding carboxylic acids is 3. The third-order valence-electron chi connectivity index (χ3n) is 13.8. The molecular weight excluding hydrogens is 841 g/mol. The van der Waals surface area contributed by atoms with Gasteiger partial charge in [-0.1, -0.05) is 45.9 Å². The van der Waals surface area contributed by atoms with Crippen molar-refractivity contribution < 1.29 is 58.2 Å². The van der Waals surface area contributed by atoms with Crippen molar-refractivity contribution in [3.63, 3.8) is 0 Å². The summed E-state index contributed by atoms with van der Waals surface area (Å²) in [6.45, 7) is 14.0. The van der Waals surface area contributed by atoms with Crippen LogP contribution in [0.5, 0.6) is 0 Å². The van der Waals surface area contributed by atoms with Crippen LogP contribution in [-0.2, 0) is 33.3 Å². The van der Waals surface area contributed by atoms with E-state index in [0.717, 1.165) is 0 Å². The van der Waals surface area contributed by atoms with E-state index in [4.69, 9.17) is 28.3 Å². The van der Waals surface area contributed by atoms with E-state index < -0.39 is 100 Å². The Hall–Kier alpha value is -5.75. The van der Waals surface area contributed by atoms with E-state index in [1.54, 1.807) is 45.9 Å². The van der Waals surface area contributed by atoms with Crippen LogP contribution < -0.4 is 15.6 Å². The van der Waals surface area contributed by atoms with Crippen LogP contribution in [-0.4, -0.2) is 119 Å². The molecule has 17 heteroatoms. The van der Waals surface area contributed by atoms with Crippen molar-refractivity contribution in [1.82, 2.24) is 15.2 Å². The zero-order chi connectivity index (χ0) is 47.6. The average molecular weight is 901 g/mol. The Kier molecular flexibility index (Phi) is 13.0. The number of nitrogens with zero attached hydrogens (tertiary/aromatic N) is 3. The lowest BCUT2D eigenvalue weighted by Crippen LogP contribution is -2.57. The van der Waals surface area contributed by atoms with Crippen molar-refractivity contribution in [1.29, 1.82) is 0 Å². The number of likely N-dealkylation sites (N-methyl/N-ethyl adjacent to an activating group) is 1. The van der Waals surface area contributed by atoms with Crippen molar-refractivity contribution in [2.75, 3.05) is 39.2 Å². The van der Waals surface area contributed by atoms with Crippen molar-refractivity contribution in [2.45, 2.75) is 97.6 Å². The largest absolute Gasteiger partial charge is 0.509 e. The van der Waals surface area contributed by atoms with Crippen LogP contribution in [0.1, 0.15) is 72.8 Å².